The maximum absolute atomic E-state index is 12.7. The number of hydrogen-bond donors (Lipinski definition) is 2. The Morgan fingerprint density at radius 3 is 2.41 bits per heavy atom. The summed E-state index contributed by atoms with van der Waals surface area (Å²) < 4.78 is 33.2. The summed E-state index contributed by atoms with van der Waals surface area (Å²) in [5.74, 6) is -0.0281. The van der Waals surface area contributed by atoms with Gasteiger partial charge in [-0.3, -0.25) is 9.52 Å². The van der Waals surface area contributed by atoms with Crippen molar-refractivity contribution in [1.29, 1.82) is 0 Å². The number of carbonyl (C=O) groups excluding carboxylic acids is 1. The molecule has 1 amide bonds. The molecule has 158 valence electrons. The summed E-state index contributed by atoms with van der Waals surface area (Å²) in [4.78, 5) is 16.7. The molecule has 2 aromatic heterocycles. The van der Waals surface area contributed by atoms with Crippen LogP contribution in [0.5, 0.6) is 0 Å². The number of hydrogen-bond acceptors (Lipinski definition) is 5. The second-order valence-corrected chi connectivity index (χ2v) is 8.79. The number of amides is 1. The lowest BCUT2D eigenvalue weighted by molar-refractivity contribution is 0.0998. The molecule has 0 atom stereocenters. The molecule has 0 spiro atoms. The predicted molar refractivity (Wildman–Crippen MR) is 123 cm³/mol. The van der Waals surface area contributed by atoms with Crippen molar-refractivity contribution in [2.24, 2.45) is 0 Å². The molecule has 0 unspecified atom stereocenters. The number of furan rings is 1. The molecular weight excluding hydrogens is 426 g/mol. The van der Waals surface area contributed by atoms with Crippen LogP contribution in [-0.2, 0) is 10.0 Å². The van der Waals surface area contributed by atoms with Crippen molar-refractivity contribution < 1.29 is 17.6 Å². The van der Waals surface area contributed by atoms with Crippen molar-refractivity contribution in [1.82, 2.24) is 4.98 Å². The average Bonchev–Trinajstić information content (AvgIpc) is 3.25. The summed E-state index contributed by atoms with van der Waals surface area (Å²) in [7, 11) is -3.79. The van der Waals surface area contributed by atoms with Crippen LogP contribution in [0.2, 0.25) is 0 Å². The van der Waals surface area contributed by atoms with Crippen LogP contribution in [0.25, 0.3) is 21.7 Å². The first-order valence-corrected chi connectivity index (χ1v) is 11.2. The average molecular weight is 443 g/mol. The zero-order valence-electron chi connectivity index (χ0n) is 16.6. The van der Waals surface area contributed by atoms with Crippen LogP contribution in [0.4, 0.5) is 11.5 Å². The molecule has 0 aliphatic rings. The molecular formula is C24H17N3O4S. The minimum absolute atomic E-state index is 0.0522. The van der Waals surface area contributed by atoms with Crippen LogP contribution in [0.1, 0.15) is 10.6 Å². The molecule has 5 rings (SSSR count). The fourth-order valence-electron chi connectivity index (χ4n) is 3.43. The van der Waals surface area contributed by atoms with E-state index < -0.39 is 15.9 Å². The molecule has 0 saturated heterocycles. The van der Waals surface area contributed by atoms with Gasteiger partial charge in [0.25, 0.3) is 15.9 Å². The highest BCUT2D eigenvalue weighted by Gasteiger charge is 2.17. The van der Waals surface area contributed by atoms with Gasteiger partial charge in [-0.2, -0.15) is 0 Å². The van der Waals surface area contributed by atoms with Crippen molar-refractivity contribution in [3.05, 3.63) is 96.9 Å². The van der Waals surface area contributed by atoms with Crippen molar-refractivity contribution >= 4 is 49.2 Å². The lowest BCUT2D eigenvalue weighted by Crippen LogP contribution is -2.14. The SMILES string of the molecule is O=C(Nc1ccc(S(=O)(=O)Nc2ccccn2)cc1)c1cc2c(ccc3ccccc32)o1. The van der Waals surface area contributed by atoms with E-state index in [0.29, 0.717) is 11.3 Å². The summed E-state index contributed by atoms with van der Waals surface area (Å²) in [6.07, 6.45) is 1.50. The van der Waals surface area contributed by atoms with Crippen LogP contribution < -0.4 is 10.0 Å². The third kappa shape index (κ3) is 3.79. The Kier molecular flexibility index (Phi) is 4.84. The van der Waals surface area contributed by atoms with Crippen LogP contribution in [-0.4, -0.2) is 19.3 Å². The highest BCUT2D eigenvalue weighted by molar-refractivity contribution is 7.92. The summed E-state index contributed by atoms with van der Waals surface area (Å²) in [6.45, 7) is 0. The van der Waals surface area contributed by atoms with Gasteiger partial charge in [-0.1, -0.05) is 36.4 Å². The first kappa shape index (κ1) is 19.8. The van der Waals surface area contributed by atoms with Crippen LogP contribution in [0.15, 0.2) is 100 Å². The van der Waals surface area contributed by atoms with Crippen molar-refractivity contribution in [3.8, 4) is 0 Å². The maximum atomic E-state index is 12.7. The number of anilines is 2. The lowest BCUT2D eigenvalue weighted by Gasteiger charge is -2.08. The fraction of sp³-hybridized carbons (Fsp3) is 0. The minimum atomic E-state index is -3.79. The number of sulfonamides is 1. The minimum Gasteiger partial charge on any atom is -0.451 e. The summed E-state index contributed by atoms with van der Waals surface area (Å²) in [5, 5.41) is 5.65. The second-order valence-electron chi connectivity index (χ2n) is 7.11. The number of carbonyl (C=O) groups is 1. The molecule has 2 N–H and O–H groups in total. The smallest absolute Gasteiger partial charge is 0.291 e. The van der Waals surface area contributed by atoms with Crippen molar-refractivity contribution in [2.75, 3.05) is 10.0 Å². The maximum Gasteiger partial charge on any atom is 0.291 e. The first-order valence-electron chi connectivity index (χ1n) is 9.76. The van der Waals surface area contributed by atoms with Gasteiger partial charge in [0, 0.05) is 17.3 Å². The van der Waals surface area contributed by atoms with Gasteiger partial charge >= 0.3 is 0 Å². The van der Waals surface area contributed by atoms with Gasteiger partial charge in [0.1, 0.15) is 11.4 Å². The zero-order chi connectivity index (χ0) is 22.1. The van der Waals surface area contributed by atoms with Gasteiger partial charge in [0.15, 0.2) is 5.76 Å². The third-order valence-electron chi connectivity index (χ3n) is 4.98. The molecule has 8 heteroatoms. The highest BCUT2D eigenvalue weighted by atomic mass is 32.2. The molecule has 0 aliphatic heterocycles. The number of nitrogens with one attached hydrogen (secondary N) is 2. The topological polar surface area (TPSA) is 101 Å². The fourth-order valence-corrected chi connectivity index (χ4v) is 4.44. The first-order chi connectivity index (χ1) is 15.5. The molecule has 0 aliphatic carbocycles. The van der Waals surface area contributed by atoms with E-state index in [1.54, 1.807) is 24.3 Å². The number of pyridine rings is 1. The Morgan fingerprint density at radius 1 is 0.844 bits per heavy atom. The predicted octanol–water partition coefficient (Wildman–Crippen LogP) is 5.03. The summed E-state index contributed by atoms with van der Waals surface area (Å²) in [6, 6.07) is 24.2. The van der Waals surface area contributed by atoms with E-state index in [1.165, 1.54) is 30.5 Å². The van der Waals surface area contributed by atoms with E-state index >= 15 is 0 Å². The quantitative estimate of drug-likeness (QED) is 0.397. The third-order valence-corrected chi connectivity index (χ3v) is 6.35. The Balaban J connectivity index is 1.35. The number of fused-ring (bicyclic) bond motifs is 3. The molecule has 32 heavy (non-hydrogen) atoms. The van der Waals surface area contributed by atoms with Gasteiger partial charge in [0.05, 0.1) is 4.90 Å². The molecule has 0 bridgehead atoms. The van der Waals surface area contributed by atoms with Crippen molar-refractivity contribution in [3.63, 3.8) is 0 Å². The molecule has 0 saturated carbocycles. The summed E-state index contributed by atoms with van der Waals surface area (Å²) >= 11 is 0. The van der Waals surface area contributed by atoms with E-state index in [2.05, 4.69) is 15.0 Å². The number of benzene rings is 3. The standard InChI is InChI=1S/C24H17N3O4S/c28-24(22-15-20-19-6-2-1-5-16(19)8-13-21(20)31-22)26-17-9-11-18(12-10-17)32(29,30)27-23-7-3-4-14-25-23/h1-15H,(H,25,27)(H,26,28). The summed E-state index contributed by atoms with van der Waals surface area (Å²) in [5.41, 5.74) is 1.06. The van der Waals surface area contributed by atoms with E-state index in [4.69, 9.17) is 4.42 Å². The molecule has 2 heterocycles. The number of rotatable bonds is 5. The molecule has 5 aromatic rings. The number of aromatic nitrogens is 1. The van der Waals surface area contributed by atoms with E-state index in [-0.39, 0.29) is 16.5 Å². The largest absolute Gasteiger partial charge is 0.451 e. The molecule has 3 aromatic carbocycles. The van der Waals surface area contributed by atoms with Crippen LogP contribution in [0.3, 0.4) is 0 Å². The molecule has 0 fully saturated rings. The van der Waals surface area contributed by atoms with E-state index in [0.717, 1.165) is 16.2 Å². The Labute approximate surface area is 183 Å². The van der Waals surface area contributed by atoms with Gasteiger partial charge in [-0.25, -0.2) is 13.4 Å². The van der Waals surface area contributed by atoms with Gasteiger partial charge in [-0.15, -0.1) is 0 Å². The van der Waals surface area contributed by atoms with Crippen molar-refractivity contribution in [2.45, 2.75) is 4.90 Å². The lowest BCUT2D eigenvalue weighted by atomic mass is 10.1. The van der Waals surface area contributed by atoms with Crippen LogP contribution >= 0.6 is 0 Å². The van der Waals surface area contributed by atoms with E-state index in [1.807, 2.05) is 36.4 Å². The van der Waals surface area contributed by atoms with Gasteiger partial charge in [0.2, 0.25) is 0 Å². The monoisotopic (exact) mass is 443 g/mol. The van der Waals surface area contributed by atoms with E-state index in [9.17, 15) is 13.2 Å². The van der Waals surface area contributed by atoms with Gasteiger partial charge in [-0.05, 0) is 59.3 Å². The van der Waals surface area contributed by atoms with Gasteiger partial charge < -0.3 is 9.73 Å². The Bertz CT molecular complexity index is 1540. The number of nitrogens with zero attached hydrogens (tertiary/aromatic N) is 1. The molecule has 7 nitrogen and oxygen atoms in total. The van der Waals surface area contributed by atoms with Crippen LogP contribution in [0, 0.1) is 0 Å². The second kappa shape index (κ2) is 7.82. The highest BCUT2D eigenvalue weighted by Crippen LogP contribution is 2.28. The zero-order valence-corrected chi connectivity index (χ0v) is 17.5. The Hall–Kier alpha value is -4.17. The normalized spacial score (nSPS) is 11.5. The molecule has 0 radical (unpaired) electrons. The Morgan fingerprint density at radius 2 is 1.62 bits per heavy atom.